The molecule has 0 aliphatic carbocycles. The molecule has 1 fully saturated rings. The summed E-state index contributed by atoms with van der Waals surface area (Å²) < 4.78 is 0. The third-order valence-electron chi connectivity index (χ3n) is 3.39. The van der Waals surface area contributed by atoms with E-state index in [0.717, 1.165) is 43.1 Å². The standard InChI is InChI=1S/C13H16Cl2N2O/c14-11-1-2-12(15)10(7-11)8-17-5-3-9(4-6-17)13(16)18/h1-2,7,9H,3-6,8H2,(H2,16,18). The van der Waals surface area contributed by atoms with Crippen LogP contribution in [0.25, 0.3) is 0 Å². The summed E-state index contributed by atoms with van der Waals surface area (Å²) in [6.45, 7) is 2.51. The molecule has 1 saturated heterocycles. The lowest BCUT2D eigenvalue weighted by molar-refractivity contribution is -0.123. The van der Waals surface area contributed by atoms with E-state index in [2.05, 4.69) is 4.90 Å². The zero-order valence-corrected chi connectivity index (χ0v) is 11.5. The smallest absolute Gasteiger partial charge is 0.220 e. The van der Waals surface area contributed by atoms with Crippen LogP contribution >= 0.6 is 23.2 Å². The molecular weight excluding hydrogens is 271 g/mol. The van der Waals surface area contributed by atoms with Crippen molar-refractivity contribution in [1.29, 1.82) is 0 Å². The zero-order chi connectivity index (χ0) is 13.1. The van der Waals surface area contributed by atoms with E-state index in [9.17, 15) is 4.79 Å². The predicted molar refractivity (Wildman–Crippen MR) is 73.7 cm³/mol. The highest BCUT2D eigenvalue weighted by Gasteiger charge is 2.23. The number of rotatable bonds is 3. The number of halogens is 2. The lowest BCUT2D eigenvalue weighted by atomic mass is 9.96. The van der Waals surface area contributed by atoms with Gasteiger partial charge < -0.3 is 5.73 Å². The number of hydrogen-bond donors (Lipinski definition) is 1. The lowest BCUT2D eigenvalue weighted by Crippen LogP contribution is -2.38. The minimum Gasteiger partial charge on any atom is -0.369 e. The topological polar surface area (TPSA) is 46.3 Å². The number of carbonyl (C=O) groups excluding carboxylic acids is 1. The van der Waals surface area contributed by atoms with Crippen LogP contribution in [0.4, 0.5) is 0 Å². The van der Waals surface area contributed by atoms with Gasteiger partial charge in [-0.05, 0) is 49.7 Å². The molecule has 0 radical (unpaired) electrons. The van der Waals surface area contributed by atoms with Gasteiger partial charge in [-0.2, -0.15) is 0 Å². The second-order valence-electron chi connectivity index (χ2n) is 4.69. The molecule has 0 spiro atoms. The van der Waals surface area contributed by atoms with Crippen LogP contribution in [0, 0.1) is 5.92 Å². The van der Waals surface area contributed by atoms with Gasteiger partial charge in [-0.25, -0.2) is 0 Å². The first-order valence-corrected chi connectivity index (χ1v) is 6.77. The molecule has 1 aliphatic rings. The van der Waals surface area contributed by atoms with E-state index in [1.807, 2.05) is 12.1 Å². The van der Waals surface area contributed by atoms with Gasteiger partial charge in [0.05, 0.1) is 0 Å². The highest BCUT2D eigenvalue weighted by atomic mass is 35.5. The van der Waals surface area contributed by atoms with E-state index in [0.29, 0.717) is 5.02 Å². The second kappa shape index (κ2) is 5.91. The van der Waals surface area contributed by atoms with Crippen LogP contribution in [-0.2, 0) is 11.3 Å². The highest BCUT2D eigenvalue weighted by molar-refractivity contribution is 6.33. The maximum absolute atomic E-state index is 11.1. The summed E-state index contributed by atoms with van der Waals surface area (Å²) in [5.41, 5.74) is 6.34. The SMILES string of the molecule is NC(=O)C1CCN(Cc2cc(Cl)ccc2Cl)CC1. The third kappa shape index (κ3) is 3.37. The molecule has 0 aromatic heterocycles. The van der Waals surface area contributed by atoms with Gasteiger partial charge in [-0.1, -0.05) is 23.2 Å². The summed E-state index contributed by atoms with van der Waals surface area (Å²) in [5, 5.41) is 1.43. The second-order valence-corrected chi connectivity index (χ2v) is 5.53. The first-order valence-electron chi connectivity index (χ1n) is 6.02. The first-order chi connectivity index (χ1) is 8.56. The molecule has 0 bridgehead atoms. The van der Waals surface area contributed by atoms with Gasteiger partial charge in [0.25, 0.3) is 0 Å². The number of hydrogen-bond acceptors (Lipinski definition) is 2. The third-order valence-corrected chi connectivity index (χ3v) is 4.00. The van der Waals surface area contributed by atoms with Gasteiger partial charge in [0.15, 0.2) is 0 Å². The number of primary amides is 1. The van der Waals surface area contributed by atoms with Crippen LogP contribution in [0.3, 0.4) is 0 Å². The largest absolute Gasteiger partial charge is 0.369 e. The van der Waals surface area contributed by atoms with Crippen molar-refractivity contribution in [3.8, 4) is 0 Å². The van der Waals surface area contributed by atoms with E-state index in [4.69, 9.17) is 28.9 Å². The quantitative estimate of drug-likeness (QED) is 0.929. The minimum atomic E-state index is -0.185. The average Bonchev–Trinajstić information content (AvgIpc) is 2.34. The Morgan fingerprint density at radius 3 is 2.61 bits per heavy atom. The number of piperidine rings is 1. The zero-order valence-electron chi connectivity index (χ0n) is 10.0. The van der Waals surface area contributed by atoms with Crippen molar-refractivity contribution < 1.29 is 4.79 Å². The Morgan fingerprint density at radius 1 is 1.33 bits per heavy atom. The van der Waals surface area contributed by atoms with Gasteiger partial charge in [0.2, 0.25) is 5.91 Å². The van der Waals surface area contributed by atoms with Crippen molar-refractivity contribution >= 4 is 29.1 Å². The van der Waals surface area contributed by atoms with Crippen molar-refractivity contribution in [1.82, 2.24) is 4.90 Å². The van der Waals surface area contributed by atoms with Crippen LogP contribution < -0.4 is 5.73 Å². The number of nitrogens with zero attached hydrogens (tertiary/aromatic N) is 1. The Hall–Kier alpha value is -0.770. The van der Waals surface area contributed by atoms with Crippen molar-refractivity contribution in [2.24, 2.45) is 11.7 Å². The monoisotopic (exact) mass is 286 g/mol. The van der Waals surface area contributed by atoms with Crippen LogP contribution in [-0.4, -0.2) is 23.9 Å². The molecule has 0 atom stereocenters. The summed E-state index contributed by atoms with van der Waals surface area (Å²) in [7, 11) is 0. The summed E-state index contributed by atoms with van der Waals surface area (Å²) in [4.78, 5) is 13.4. The van der Waals surface area contributed by atoms with E-state index in [1.54, 1.807) is 6.07 Å². The van der Waals surface area contributed by atoms with Crippen LogP contribution in [0.2, 0.25) is 10.0 Å². The molecule has 2 N–H and O–H groups in total. The molecule has 5 heteroatoms. The Morgan fingerprint density at radius 2 is 2.00 bits per heavy atom. The van der Waals surface area contributed by atoms with Crippen LogP contribution in [0.5, 0.6) is 0 Å². The fraction of sp³-hybridized carbons (Fsp3) is 0.462. The number of amides is 1. The lowest BCUT2D eigenvalue weighted by Gasteiger charge is -2.30. The average molecular weight is 287 g/mol. The number of likely N-dealkylation sites (tertiary alicyclic amines) is 1. The van der Waals surface area contributed by atoms with Gasteiger partial charge in [-0.15, -0.1) is 0 Å². The Balaban J connectivity index is 1.95. The molecule has 2 rings (SSSR count). The Labute approximate surface area is 117 Å². The summed E-state index contributed by atoms with van der Waals surface area (Å²) in [6, 6.07) is 5.49. The maximum atomic E-state index is 11.1. The van der Waals surface area contributed by atoms with Gasteiger partial charge in [0.1, 0.15) is 0 Å². The molecule has 1 aromatic carbocycles. The number of benzene rings is 1. The van der Waals surface area contributed by atoms with E-state index >= 15 is 0 Å². The normalized spacial score (nSPS) is 17.9. The highest BCUT2D eigenvalue weighted by Crippen LogP contribution is 2.24. The van der Waals surface area contributed by atoms with Gasteiger partial charge >= 0.3 is 0 Å². The van der Waals surface area contributed by atoms with Crippen molar-refractivity contribution in [3.63, 3.8) is 0 Å². The van der Waals surface area contributed by atoms with E-state index in [-0.39, 0.29) is 11.8 Å². The molecule has 18 heavy (non-hydrogen) atoms. The molecule has 1 aliphatic heterocycles. The van der Waals surface area contributed by atoms with Crippen LogP contribution in [0.15, 0.2) is 18.2 Å². The molecule has 0 saturated carbocycles. The Kier molecular flexibility index (Phi) is 4.49. The molecule has 3 nitrogen and oxygen atoms in total. The van der Waals surface area contributed by atoms with E-state index in [1.165, 1.54) is 0 Å². The predicted octanol–water partition coefficient (Wildman–Crippen LogP) is 2.69. The fourth-order valence-corrected chi connectivity index (χ4v) is 2.65. The fourth-order valence-electron chi connectivity index (χ4n) is 2.28. The van der Waals surface area contributed by atoms with Gasteiger partial charge in [-0.3, -0.25) is 9.69 Å². The molecule has 1 aromatic rings. The van der Waals surface area contributed by atoms with Crippen molar-refractivity contribution in [2.45, 2.75) is 19.4 Å². The number of nitrogens with two attached hydrogens (primary N) is 1. The van der Waals surface area contributed by atoms with Crippen LogP contribution in [0.1, 0.15) is 18.4 Å². The molecular formula is C13H16Cl2N2O. The van der Waals surface area contributed by atoms with E-state index < -0.39 is 0 Å². The minimum absolute atomic E-state index is 0.0242. The van der Waals surface area contributed by atoms with Crippen molar-refractivity contribution in [3.05, 3.63) is 33.8 Å². The molecule has 1 heterocycles. The molecule has 1 amide bonds. The van der Waals surface area contributed by atoms with Crippen molar-refractivity contribution in [2.75, 3.05) is 13.1 Å². The summed E-state index contributed by atoms with van der Waals surface area (Å²) in [6.07, 6.45) is 1.65. The summed E-state index contributed by atoms with van der Waals surface area (Å²) in [5.74, 6) is -0.161. The molecule has 0 unspecified atom stereocenters. The maximum Gasteiger partial charge on any atom is 0.220 e. The number of carbonyl (C=O) groups is 1. The first kappa shape index (κ1) is 13.7. The molecule has 98 valence electrons. The Bertz CT molecular complexity index is 443. The van der Waals surface area contributed by atoms with Gasteiger partial charge in [0, 0.05) is 22.5 Å². The summed E-state index contributed by atoms with van der Waals surface area (Å²) >= 11 is 12.1.